The van der Waals surface area contributed by atoms with Gasteiger partial charge in [-0.25, -0.2) is 4.79 Å². The highest BCUT2D eigenvalue weighted by atomic mass is 32.1. The van der Waals surface area contributed by atoms with E-state index in [4.69, 9.17) is 4.74 Å². The number of thiophene rings is 1. The molecule has 0 unspecified atom stereocenters. The topological polar surface area (TPSA) is 122 Å². The van der Waals surface area contributed by atoms with Crippen LogP contribution in [0.15, 0.2) is 24.3 Å². The zero-order chi connectivity index (χ0) is 22.8. The largest absolute Gasteiger partial charge is 0.452 e. The summed E-state index contributed by atoms with van der Waals surface area (Å²) < 4.78 is 5.00. The monoisotopic (exact) mass is 441 g/mol. The van der Waals surface area contributed by atoms with Crippen LogP contribution in [-0.4, -0.2) is 23.4 Å². The number of hydrogen-bond acceptors (Lipinski definition) is 7. The number of carbonyl (C=O) groups is 2. The van der Waals surface area contributed by atoms with E-state index in [0.29, 0.717) is 16.5 Å². The molecule has 8 nitrogen and oxygen atoms in total. The molecular formula is C22H23N3O5S. The Morgan fingerprint density at radius 2 is 2.00 bits per heavy atom. The first-order valence-corrected chi connectivity index (χ1v) is 10.7. The Hall–Kier alpha value is -3.25. The van der Waals surface area contributed by atoms with Crippen LogP contribution >= 0.6 is 11.3 Å². The lowest BCUT2D eigenvalue weighted by molar-refractivity contribution is -0.384. The molecule has 0 fully saturated rings. The van der Waals surface area contributed by atoms with Crippen molar-refractivity contribution in [1.29, 1.82) is 5.26 Å². The molecule has 3 rings (SSSR count). The van der Waals surface area contributed by atoms with Gasteiger partial charge in [0.05, 0.1) is 16.1 Å². The van der Waals surface area contributed by atoms with Crippen molar-refractivity contribution in [1.82, 2.24) is 0 Å². The van der Waals surface area contributed by atoms with E-state index in [9.17, 15) is 25.0 Å². The molecule has 0 bridgehead atoms. The Morgan fingerprint density at radius 3 is 2.58 bits per heavy atom. The maximum absolute atomic E-state index is 12.3. The van der Waals surface area contributed by atoms with Crippen molar-refractivity contribution >= 4 is 33.9 Å². The SMILES string of the molecule is CC(C)(C)[C@H]1CCc2c(sc(NC(=O)COC(=O)c3ccc([N+](=O)[O-])cc3)c2C#N)C1. The number of nitrogens with one attached hydrogen (secondary N) is 1. The van der Waals surface area contributed by atoms with Gasteiger partial charge in [-0.3, -0.25) is 14.9 Å². The number of benzene rings is 1. The molecule has 1 heterocycles. The number of fused-ring (bicyclic) bond motifs is 1. The minimum Gasteiger partial charge on any atom is -0.452 e. The van der Waals surface area contributed by atoms with Crippen LogP contribution in [-0.2, 0) is 22.4 Å². The maximum Gasteiger partial charge on any atom is 0.338 e. The van der Waals surface area contributed by atoms with Crippen molar-refractivity contribution in [2.24, 2.45) is 11.3 Å². The summed E-state index contributed by atoms with van der Waals surface area (Å²) in [7, 11) is 0. The first kappa shape index (κ1) is 22.4. The fourth-order valence-electron chi connectivity index (χ4n) is 3.63. The first-order chi connectivity index (χ1) is 14.6. The van der Waals surface area contributed by atoms with Gasteiger partial charge in [0, 0.05) is 17.0 Å². The highest BCUT2D eigenvalue weighted by molar-refractivity contribution is 7.16. The summed E-state index contributed by atoms with van der Waals surface area (Å²) in [5, 5.41) is 23.5. The lowest BCUT2D eigenvalue weighted by Gasteiger charge is -2.33. The van der Waals surface area contributed by atoms with E-state index in [1.807, 2.05) is 0 Å². The van der Waals surface area contributed by atoms with Gasteiger partial charge in [0.25, 0.3) is 11.6 Å². The second-order valence-corrected chi connectivity index (χ2v) is 9.66. The predicted octanol–water partition coefficient (Wildman–Crippen LogP) is 4.47. The number of nitro benzene ring substituents is 1. The molecular weight excluding hydrogens is 418 g/mol. The molecule has 0 aliphatic heterocycles. The number of anilines is 1. The number of nitro groups is 1. The molecule has 1 aromatic heterocycles. The molecule has 0 saturated carbocycles. The number of rotatable bonds is 5. The van der Waals surface area contributed by atoms with Crippen molar-refractivity contribution in [3.8, 4) is 6.07 Å². The third kappa shape index (κ3) is 5.09. The number of ether oxygens (including phenoxy) is 1. The van der Waals surface area contributed by atoms with Crippen LogP contribution < -0.4 is 5.32 Å². The van der Waals surface area contributed by atoms with Gasteiger partial charge in [-0.15, -0.1) is 11.3 Å². The van der Waals surface area contributed by atoms with E-state index in [2.05, 4.69) is 32.2 Å². The summed E-state index contributed by atoms with van der Waals surface area (Å²) in [6.45, 7) is 6.12. The van der Waals surface area contributed by atoms with E-state index < -0.39 is 23.4 Å². The number of amides is 1. The molecule has 1 aliphatic rings. The first-order valence-electron chi connectivity index (χ1n) is 9.86. The van der Waals surface area contributed by atoms with Gasteiger partial charge in [-0.05, 0) is 48.3 Å². The van der Waals surface area contributed by atoms with Gasteiger partial charge in [0.15, 0.2) is 6.61 Å². The Bertz CT molecular complexity index is 1060. The number of nitriles is 1. The molecule has 0 spiro atoms. The second-order valence-electron chi connectivity index (χ2n) is 8.55. The molecule has 2 aromatic rings. The van der Waals surface area contributed by atoms with Crippen molar-refractivity contribution in [2.45, 2.75) is 40.0 Å². The lowest BCUT2D eigenvalue weighted by atomic mass is 9.72. The number of non-ortho nitro benzene ring substituents is 1. The second kappa shape index (κ2) is 8.86. The molecule has 1 atom stereocenters. The van der Waals surface area contributed by atoms with Gasteiger partial charge >= 0.3 is 5.97 Å². The van der Waals surface area contributed by atoms with E-state index in [0.717, 1.165) is 29.7 Å². The number of carbonyl (C=O) groups excluding carboxylic acids is 2. The summed E-state index contributed by atoms with van der Waals surface area (Å²) in [6, 6.07) is 7.12. The summed E-state index contributed by atoms with van der Waals surface area (Å²) in [4.78, 5) is 35.6. The highest BCUT2D eigenvalue weighted by Crippen LogP contribution is 2.43. The summed E-state index contributed by atoms with van der Waals surface area (Å²) >= 11 is 1.41. The van der Waals surface area contributed by atoms with Crippen LogP contribution in [0.25, 0.3) is 0 Å². The zero-order valence-corrected chi connectivity index (χ0v) is 18.4. The lowest BCUT2D eigenvalue weighted by Crippen LogP contribution is -2.26. The van der Waals surface area contributed by atoms with Crippen LogP contribution in [0.3, 0.4) is 0 Å². The van der Waals surface area contributed by atoms with Crippen LogP contribution in [0.5, 0.6) is 0 Å². The minimum atomic E-state index is -0.760. The van der Waals surface area contributed by atoms with Crippen molar-refractivity contribution in [3.63, 3.8) is 0 Å². The van der Waals surface area contributed by atoms with Crippen molar-refractivity contribution < 1.29 is 19.2 Å². The molecule has 0 radical (unpaired) electrons. The van der Waals surface area contributed by atoms with E-state index in [1.54, 1.807) is 0 Å². The molecule has 1 amide bonds. The van der Waals surface area contributed by atoms with Gasteiger partial charge in [0.2, 0.25) is 0 Å². The zero-order valence-electron chi connectivity index (χ0n) is 17.6. The number of nitrogens with zero attached hydrogens (tertiary/aromatic N) is 2. The summed E-state index contributed by atoms with van der Waals surface area (Å²) in [6.07, 6.45) is 2.69. The van der Waals surface area contributed by atoms with Crippen LogP contribution in [0, 0.1) is 32.8 Å². The van der Waals surface area contributed by atoms with E-state index in [-0.39, 0.29) is 16.7 Å². The van der Waals surface area contributed by atoms with Gasteiger partial charge in [-0.1, -0.05) is 20.8 Å². The Morgan fingerprint density at radius 1 is 1.32 bits per heavy atom. The predicted molar refractivity (Wildman–Crippen MR) is 116 cm³/mol. The van der Waals surface area contributed by atoms with Crippen molar-refractivity contribution in [2.75, 3.05) is 11.9 Å². The molecule has 9 heteroatoms. The van der Waals surface area contributed by atoms with Gasteiger partial charge < -0.3 is 10.1 Å². The highest BCUT2D eigenvalue weighted by Gasteiger charge is 2.32. The fourth-order valence-corrected chi connectivity index (χ4v) is 4.92. The molecule has 1 N–H and O–H groups in total. The standard InChI is InChI=1S/C22H23N3O5S/c1-22(2,3)14-6-9-16-17(11-23)20(31-18(16)10-14)24-19(26)12-30-21(27)13-4-7-15(8-5-13)25(28)29/h4-5,7-8,14H,6,9-10,12H2,1-3H3,(H,24,26)/t14-/m0/s1. The van der Waals surface area contributed by atoms with Crippen LogP contribution in [0.1, 0.15) is 53.6 Å². The Balaban J connectivity index is 1.63. The average Bonchev–Trinajstić information content (AvgIpc) is 3.07. The van der Waals surface area contributed by atoms with Crippen LogP contribution in [0.4, 0.5) is 10.7 Å². The van der Waals surface area contributed by atoms with Gasteiger partial charge in [-0.2, -0.15) is 5.26 Å². The summed E-state index contributed by atoms with van der Waals surface area (Å²) in [5.74, 6) is -0.793. The molecule has 31 heavy (non-hydrogen) atoms. The van der Waals surface area contributed by atoms with Crippen molar-refractivity contribution in [3.05, 3.63) is 55.9 Å². The quantitative estimate of drug-likeness (QED) is 0.415. The molecule has 1 aromatic carbocycles. The van der Waals surface area contributed by atoms with E-state index >= 15 is 0 Å². The molecule has 1 aliphatic carbocycles. The van der Waals surface area contributed by atoms with E-state index in [1.165, 1.54) is 35.6 Å². The smallest absolute Gasteiger partial charge is 0.338 e. The third-order valence-corrected chi connectivity index (χ3v) is 6.67. The number of esters is 1. The fraction of sp³-hybridized carbons (Fsp3) is 0.409. The minimum absolute atomic E-state index is 0.107. The normalized spacial score (nSPS) is 15.5. The van der Waals surface area contributed by atoms with Gasteiger partial charge in [0.1, 0.15) is 11.1 Å². The molecule has 162 valence electrons. The summed E-state index contributed by atoms with van der Waals surface area (Å²) in [5.41, 5.74) is 1.63. The average molecular weight is 442 g/mol. The Labute approximate surface area is 184 Å². The maximum atomic E-state index is 12.3. The number of hydrogen-bond donors (Lipinski definition) is 1. The van der Waals surface area contributed by atoms with Crippen LogP contribution in [0.2, 0.25) is 0 Å². The molecule has 0 saturated heterocycles. The third-order valence-electron chi connectivity index (χ3n) is 5.50. The Kier molecular flexibility index (Phi) is 6.41.